The van der Waals surface area contributed by atoms with E-state index in [2.05, 4.69) is 10.3 Å². The number of H-pyrrole nitrogens is 1. The Kier molecular flexibility index (Phi) is 7.52. The number of thiazole rings is 1. The third kappa shape index (κ3) is 5.17. The molecule has 2 N–H and O–H groups in total. The summed E-state index contributed by atoms with van der Waals surface area (Å²) >= 11 is 8.20. The standard InChI is InChI=1S/C29H21ClFN3O6S2/c1-39-20-12-14(2-11-19(20)40-13-21(35)32-17-7-5-16(31)6-8-17)22-23-25(41-26-24(22)42-29(38)33-26)28(37)34(27(23)36)18-9-3-15(30)4-10-18/h2-12,22-23,25H,13H2,1H3,(H,32,35)(H,33,38)/t22-,23-,25+/m0/s1. The van der Waals surface area contributed by atoms with Crippen LogP contribution in [0.4, 0.5) is 15.8 Å². The summed E-state index contributed by atoms with van der Waals surface area (Å²) in [5, 5.41) is 2.89. The third-order valence-electron chi connectivity index (χ3n) is 6.94. The van der Waals surface area contributed by atoms with Crippen LogP contribution in [0.1, 0.15) is 16.4 Å². The Balaban J connectivity index is 1.29. The predicted molar refractivity (Wildman–Crippen MR) is 157 cm³/mol. The highest BCUT2D eigenvalue weighted by Crippen LogP contribution is 2.53. The first-order chi connectivity index (χ1) is 20.2. The Morgan fingerprint density at radius 1 is 1.02 bits per heavy atom. The molecule has 9 nitrogen and oxygen atoms in total. The summed E-state index contributed by atoms with van der Waals surface area (Å²) in [7, 11) is 1.44. The van der Waals surface area contributed by atoms with Gasteiger partial charge in [-0.25, -0.2) is 9.29 Å². The number of nitrogens with zero attached hydrogens (tertiary/aromatic N) is 1. The number of nitrogens with one attached hydrogen (secondary N) is 2. The van der Waals surface area contributed by atoms with Gasteiger partial charge in [0.1, 0.15) is 11.1 Å². The second-order valence-corrected chi connectivity index (χ2v) is 12.1. The Labute approximate surface area is 251 Å². The van der Waals surface area contributed by atoms with Crippen LogP contribution in [0, 0.1) is 11.7 Å². The van der Waals surface area contributed by atoms with Crippen molar-refractivity contribution in [3.05, 3.63) is 97.7 Å². The molecule has 0 unspecified atom stereocenters. The van der Waals surface area contributed by atoms with E-state index in [1.807, 2.05) is 0 Å². The van der Waals surface area contributed by atoms with Crippen molar-refractivity contribution in [1.29, 1.82) is 0 Å². The number of imide groups is 1. The first-order valence-corrected chi connectivity index (χ1v) is 14.7. The minimum atomic E-state index is -0.782. The lowest BCUT2D eigenvalue weighted by Gasteiger charge is -2.30. The zero-order valence-corrected chi connectivity index (χ0v) is 24.1. The molecule has 3 amide bonds. The molecule has 6 rings (SSSR count). The van der Waals surface area contributed by atoms with E-state index in [4.69, 9.17) is 21.1 Å². The molecule has 3 aromatic carbocycles. The number of amides is 3. The molecule has 0 saturated carbocycles. The molecule has 0 radical (unpaired) electrons. The number of methoxy groups -OCH3 is 1. The van der Waals surface area contributed by atoms with E-state index >= 15 is 0 Å². The summed E-state index contributed by atoms with van der Waals surface area (Å²) in [5.41, 5.74) is 1.47. The number of rotatable bonds is 7. The van der Waals surface area contributed by atoms with Crippen LogP contribution >= 0.6 is 34.7 Å². The minimum Gasteiger partial charge on any atom is -0.493 e. The number of thioether (sulfide) groups is 1. The number of hydrogen-bond acceptors (Lipinski definition) is 8. The number of anilines is 2. The Bertz CT molecular complexity index is 1760. The van der Waals surface area contributed by atoms with E-state index in [0.717, 1.165) is 11.3 Å². The van der Waals surface area contributed by atoms with E-state index < -0.39 is 28.8 Å². The quantitative estimate of drug-likeness (QED) is 0.276. The molecule has 214 valence electrons. The molecule has 13 heteroatoms. The number of carbonyl (C=O) groups is 3. The lowest BCUT2D eigenvalue weighted by atomic mass is 9.83. The van der Waals surface area contributed by atoms with Gasteiger partial charge >= 0.3 is 4.87 Å². The second-order valence-electron chi connectivity index (χ2n) is 9.49. The lowest BCUT2D eigenvalue weighted by Crippen LogP contribution is -2.32. The molecule has 42 heavy (non-hydrogen) atoms. The van der Waals surface area contributed by atoms with Crippen molar-refractivity contribution >= 4 is 63.8 Å². The van der Waals surface area contributed by atoms with E-state index in [-0.39, 0.29) is 29.0 Å². The smallest absolute Gasteiger partial charge is 0.305 e. The first kappa shape index (κ1) is 28.0. The average molecular weight is 626 g/mol. The average Bonchev–Trinajstić information content (AvgIpc) is 3.47. The minimum absolute atomic E-state index is 0.274. The highest BCUT2D eigenvalue weighted by Gasteiger charge is 2.56. The van der Waals surface area contributed by atoms with E-state index in [1.54, 1.807) is 42.5 Å². The van der Waals surface area contributed by atoms with Crippen molar-refractivity contribution < 1.29 is 28.2 Å². The molecule has 3 atom stereocenters. The normalized spacial score (nSPS) is 19.3. The number of carbonyl (C=O) groups excluding carboxylic acids is 3. The van der Waals surface area contributed by atoms with Gasteiger partial charge in [0.15, 0.2) is 18.1 Å². The van der Waals surface area contributed by atoms with Crippen LogP contribution in [0.15, 0.2) is 76.6 Å². The molecule has 3 heterocycles. The highest BCUT2D eigenvalue weighted by molar-refractivity contribution is 8.00. The maximum Gasteiger partial charge on any atom is 0.305 e. The van der Waals surface area contributed by atoms with Crippen LogP contribution in [0.3, 0.4) is 0 Å². The van der Waals surface area contributed by atoms with Gasteiger partial charge in [-0.15, -0.1) is 0 Å². The van der Waals surface area contributed by atoms with Crippen molar-refractivity contribution in [1.82, 2.24) is 4.98 Å². The Hall–Kier alpha value is -4.13. The molecule has 2 aliphatic rings. The Morgan fingerprint density at radius 2 is 1.76 bits per heavy atom. The third-order valence-corrected chi connectivity index (χ3v) is 9.60. The molecular weight excluding hydrogens is 605 g/mol. The van der Waals surface area contributed by atoms with E-state index in [1.165, 1.54) is 48.0 Å². The summed E-state index contributed by atoms with van der Waals surface area (Å²) < 4.78 is 24.4. The van der Waals surface area contributed by atoms with Crippen molar-refractivity contribution in [3.63, 3.8) is 0 Å². The number of benzene rings is 3. The van der Waals surface area contributed by atoms with Gasteiger partial charge in [0.2, 0.25) is 11.8 Å². The van der Waals surface area contributed by atoms with E-state index in [9.17, 15) is 23.6 Å². The molecule has 0 aliphatic carbocycles. The molecular formula is C29H21ClFN3O6S2. The van der Waals surface area contributed by atoms with Crippen LogP contribution in [0.5, 0.6) is 11.5 Å². The summed E-state index contributed by atoms with van der Waals surface area (Å²) in [6, 6.07) is 16.8. The molecule has 2 aliphatic heterocycles. The van der Waals surface area contributed by atoms with Crippen LogP contribution in [0.25, 0.3) is 0 Å². The first-order valence-electron chi connectivity index (χ1n) is 12.6. The number of aromatic nitrogens is 1. The number of ether oxygens (including phenoxy) is 2. The number of halogens is 2. The van der Waals surface area contributed by atoms with Crippen molar-refractivity contribution in [2.24, 2.45) is 5.92 Å². The summed E-state index contributed by atoms with van der Waals surface area (Å²) in [6.07, 6.45) is 0. The van der Waals surface area contributed by atoms with Gasteiger partial charge in [-0.2, -0.15) is 0 Å². The Morgan fingerprint density at radius 3 is 2.48 bits per heavy atom. The molecule has 0 bridgehead atoms. The largest absolute Gasteiger partial charge is 0.493 e. The number of fused-ring (bicyclic) bond motifs is 2. The molecule has 1 fully saturated rings. The van der Waals surface area contributed by atoms with Gasteiger partial charge in [-0.05, 0) is 66.2 Å². The van der Waals surface area contributed by atoms with Crippen molar-refractivity contribution in [3.8, 4) is 11.5 Å². The summed E-state index contributed by atoms with van der Waals surface area (Å²) in [6.45, 7) is -0.343. The lowest BCUT2D eigenvalue weighted by molar-refractivity contribution is -0.122. The SMILES string of the molecule is COc1cc([C@@H]2c3sc(=O)[nH]c3S[C@H]3C(=O)N(c4ccc(Cl)cc4)C(=O)[C@@H]23)ccc1OCC(=O)Nc1ccc(F)cc1. The highest BCUT2D eigenvalue weighted by atomic mass is 35.5. The van der Waals surface area contributed by atoms with Crippen LogP contribution < -0.4 is 24.6 Å². The van der Waals surface area contributed by atoms with E-state index in [0.29, 0.717) is 37.6 Å². The van der Waals surface area contributed by atoms with Gasteiger partial charge in [0.25, 0.3) is 5.91 Å². The van der Waals surface area contributed by atoms with Crippen LogP contribution in [-0.2, 0) is 14.4 Å². The van der Waals surface area contributed by atoms with Crippen LogP contribution in [0.2, 0.25) is 5.02 Å². The van der Waals surface area contributed by atoms with Crippen molar-refractivity contribution in [2.75, 3.05) is 23.9 Å². The monoisotopic (exact) mass is 625 g/mol. The molecule has 1 aromatic heterocycles. The number of hydrogen-bond donors (Lipinski definition) is 2. The zero-order chi connectivity index (χ0) is 29.5. The summed E-state index contributed by atoms with van der Waals surface area (Å²) in [4.78, 5) is 56.5. The molecule has 0 spiro atoms. The van der Waals surface area contributed by atoms with Gasteiger partial charge in [-0.1, -0.05) is 40.8 Å². The van der Waals surface area contributed by atoms with Gasteiger partial charge in [0.05, 0.1) is 23.7 Å². The van der Waals surface area contributed by atoms with Gasteiger partial charge in [0, 0.05) is 21.5 Å². The fourth-order valence-corrected chi connectivity index (χ4v) is 7.73. The fourth-order valence-electron chi connectivity index (χ4n) is 5.09. The van der Waals surface area contributed by atoms with Gasteiger partial charge < -0.3 is 19.8 Å². The summed E-state index contributed by atoms with van der Waals surface area (Å²) in [5.74, 6) is -2.46. The maximum absolute atomic E-state index is 13.9. The number of aromatic amines is 1. The van der Waals surface area contributed by atoms with Gasteiger partial charge in [-0.3, -0.25) is 19.2 Å². The molecule has 4 aromatic rings. The van der Waals surface area contributed by atoms with Crippen LogP contribution in [-0.4, -0.2) is 41.7 Å². The molecule has 1 saturated heterocycles. The zero-order valence-electron chi connectivity index (χ0n) is 21.8. The predicted octanol–water partition coefficient (Wildman–Crippen LogP) is 5.05. The maximum atomic E-state index is 13.9. The second kappa shape index (κ2) is 11.3. The topological polar surface area (TPSA) is 118 Å². The van der Waals surface area contributed by atoms with Crippen molar-refractivity contribution in [2.45, 2.75) is 16.2 Å². The fraction of sp³-hybridized carbons (Fsp3) is 0.172.